The standard InChI is InChI=1S/C15H28N2O2/c1-15(2)10-13(18)5-8-17(11-15)14(19)9-12-3-6-16-7-4-12/h12-13,16,18H,3-11H2,1-2H3/t13-/m0/s1. The lowest BCUT2D eigenvalue weighted by atomic mass is 9.86. The molecule has 19 heavy (non-hydrogen) atoms. The number of amides is 1. The maximum atomic E-state index is 12.4. The largest absolute Gasteiger partial charge is 0.393 e. The number of nitrogens with one attached hydrogen (secondary N) is 1. The van der Waals surface area contributed by atoms with E-state index >= 15 is 0 Å². The first-order valence-corrected chi connectivity index (χ1v) is 7.63. The number of carbonyl (C=O) groups is 1. The molecular formula is C15H28N2O2. The van der Waals surface area contributed by atoms with E-state index in [9.17, 15) is 9.90 Å². The zero-order valence-electron chi connectivity index (χ0n) is 12.3. The van der Waals surface area contributed by atoms with Crippen molar-refractivity contribution >= 4 is 5.91 Å². The lowest BCUT2D eigenvalue weighted by Crippen LogP contribution is -2.39. The topological polar surface area (TPSA) is 52.6 Å². The molecule has 2 aliphatic rings. The van der Waals surface area contributed by atoms with E-state index in [2.05, 4.69) is 19.2 Å². The molecule has 0 unspecified atom stereocenters. The first-order chi connectivity index (χ1) is 8.96. The number of hydrogen-bond acceptors (Lipinski definition) is 3. The molecule has 1 atom stereocenters. The van der Waals surface area contributed by atoms with E-state index in [0.29, 0.717) is 18.9 Å². The molecule has 2 heterocycles. The number of hydrogen-bond donors (Lipinski definition) is 2. The highest BCUT2D eigenvalue weighted by Crippen LogP contribution is 2.29. The third-order valence-corrected chi connectivity index (χ3v) is 4.41. The van der Waals surface area contributed by atoms with Crippen LogP contribution in [-0.2, 0) is 4.79 Å². The minimum absolute atomic E-state index is 0.0275. The summed E-state index contributed by atoms with van der Waals surface area (Å²) in [6, 6.07) is 0. The van der Waals surface area contributed by atoms with Gasteiger partial charge in [-0.3, -0.25) is 4.79 Å². The second-order valence-electron chi connectivity index (χ2n) is 7.02. The Morgan fingerprint density at radius 2 is 2.00 bits per heavy atom. The molecule has 4 heteroatoms. The van der Waals surface area contributed by atoms with Gasteiger partial charge in [-0.2, -0.15) is 0 Å². The van der Waals surface area contributed by atoms with Gasteiger partial charge in [0, 0.05) is 19.5 Å². The van der Waals surface area contributed by atoms with Gasteiger partial charge in [-0.1, -0.05) is 13.8 Å². The number of aliphatic hydroxyl groups is 1. The minimum Gasteiger partial charge on any atom is -0.393 e. The van der Waals surface area contributed by atoms with Gasteiger partial charge < -0.3 is 15.3 Å². The lowest BCUT2D eigenvalue weighted by molar-refractivity contribution is -0.133. The van der Waals surface area contributed by atoms with Gasteiger partial charge in [0.2, 0.25) is 5.91 Å². The third-order valence-electron chi connectivity index (χ3n) is 4.41. The van der Waals surface area contributed by atoms with Gasteiger partial charge in [0.05, 0.1) is 6.10 Å². The summed E-state index contributed by atoms with van der Waals surface area (Å²) < 4.78 is 0. The second-order valence-corrected chi connectivity index (χ2v) is 7.02. The van der Waals surface area contributed by atoms with Crippen LogP contribution >= 0.6 is 0 Å². The Kier molecular flexibility index (Phi) is 4.85. The molecule has 4 nitrogen and oxygen atoms in total. The second kappa shape index (κ2) is 6.23. The zero-order valence-corrected chi connectivity index (χ0v) is 12.3. The van der Waals surface area contributed by atoms with Crippen molar-refractivity contribution in [3.63, 3.8) is 0 Å². The first-order valence-electron chi connectivity index (χ1n) is 7.63. The highest BCUT2D eigenvalue weighted by molar-refractivity contribution is 5.76. The van der Waals surface area contributed by atoms with Gasteiger partial charge in [0.1, 0.15) is 0 Å². The van der Waals surface area contributed by atoms with Gasteiger partial charge in [0.25, 0.3) is 0 Å². The molecule has 2 saturated heterocycles. The van der Waals surface area contributed by atoms with Crippen LogP contribution in [0.15, 0.2) is 0 Å². The normalized spacial score (nSPS) is 29.0. The number of aliphatic hydroxyl groups excluding tert-OH is 1. The fourth-order valence-electron chi connectivity index (χ4n) is 3.38. The third kappa shape index (κ3) is 4.46. The Morgan fingerprint density at radius 3 is 2.68 bits per heavy atom. The van der Waals surface area contributed by atoms with E-state index in [-0.39, 0.29) is 17.4 Å². The summed E-state index contributed by atoms with van der Waals surface area (Å²) in [5.41, 5.74) is 0.0275. The summed E-state index contributed by atoms with van der Waals surface area (Å²) in [6.07, 6.45) is 4.18. The van der Waals surface area contributed by atoms with Crippen LogP contribution in [-0.4, -0.2) is 48.2 Å². The van der Waals surface area contributed by atoms with E-state index in [0.717, 1.165) is 45.3 Å². The summed E-state index contributed by atoms with van der Waals surface area (Å²) in [7, 11) is 0. The maximum Gasteiger partial charge on any atom is 0.222 e. The Hall–Kier alpha value is -0.610. The van der Waals surface area contributed by atoms with Gasteiger partial charge in [0.15, 0.2) is 0 Å². The van der Waals surface area contributed by atoms with Crippen LogP contribution in [0, 0.1) is 11.3 Å². The quantitative estimate of drug-likeness (QED) is 0.795. The molecule has 0 aliphatic carbocycles. The molecule has 2 aliphatic heterocycles. The molecular weight excluding hydrogens is 240 g/mol. The van der Waals surface area contributed by atoms with Crippen LogP contribution < -0.4 is 5.32 Å². The lowest BCUT2D eigenvalue weighted by Gasteiger charge is -2.31. The van der Waals surface area contributed by atoms with Crippen molar-refractivity contribution in [2.45, 2.75) is 52.1 Å². The molecule has 0 aromatic carbocycles. The highest BCUT2D eigenvalue weighted by atomic mass is 16.3. The predicted octanol–water partition coefficient (Wildman–Crippen LogP) is 1.39. The van der Waals surface area contributed by atoms with E-state index < -0.39 is 0 Å². The summed E-state index contributed by atoms with van der Waals surface area (Å²) >= 11 is 0. The molecule has 2 N–H and O–H groups in total. The Labute approximate surface area is 116 Å². The zero-order chi connectivity index (χ0) is 13.9. The van der Waals surface area contributed by atoms with Crippen LogP contribution in [0.2, 0.25) is 0 Å². The van der Waals surface area contributed by atoms with Crippen molar-refractivity contribution in [3.05, 3.63) is 0 Å². The predicted molar refractivity (Wildman–Crippen MR) is 75.8 cm³/mol. The first kappa shape index (κ1) is 14.8. The Morgan fingerprint density at radius 1 is 1.32 bits per heavy atom. The Bertz CT molecular complexity index is 311. The van der Waals surface area contributed by atoms with Gasteiger partial charge in [-0.25, -0.2) is 0 Å². The molecule has 2 fully saturated rings. The average molecular weight is 268 g/mol. The van der Waals surface area contributed by atoms with E-state index in [4.69, 9.17) is 0 Å². The molecule has 1 amide bonds. The van der Waals surface area contributed by atoms with Crippen molar-refractivity contribution in [1.29, 1.82) is 0 Å². The summed E-state index contributed by atoms with van der Waals surface area (Å²) in [6.45, 7) is 7.88. The van der Waals surface area contributed by atoms with Crippen LogP contribution in [0.1, 0.15) is 46.0 Å². The Balaban J connectivity index is 1.90. The van der Waals surface area contributed by atoms with E-state index in [1.54, 1.807) is 0 Å². The van der Waals surface area contributed by atoms with Gasteiger partial charge >= 0.3 is 0 Å². The van der Waals surface area contributed by atoms with E-state index in [1.807, 2.05) is 4.90 Å². The molecule has 110 valence electrons. The monoisotopic (exact) mass is 268 g/mol. The maximum absolute atomic E-state index is 12.4. The van der Waals surface area contributed by atoms with Crippen LogP contribution in [0.3, 0.4) is 0 Å². The number of rotatable bonds is 2. The van der Waals surface area contributed by atoms with Crippen molar-refractivity contribution in [2.24, 2.45) is 11.3 Å². The average Bonchev–Trinajstić information content (AvgIpc) is 2.48. The SMILES string of the molecule is CC1(C)C[C@@H](O)CCN(C(=O)CC2CCNCC2)C1. The molecule has 2 rings (SSSR count). The molecule has 0 bridgehead atoms. The van der Waals surface area contributed by atoms with Crippen LogP contribution in [0.5, 0.6) is 0 Å². The fourth-order valence-corrected chi connectivity index (χ4v) is 3.38. The molecule has 0 aromatic rings. The highest BCUT2D eigenvalue weighted by Gasteiger charge is 2.31. The number of piperidine rings is 1. The number of carbonyl (C=O) groups excluding carboxylic acids is 1. The molecule has 0 aromatic heterocycles. The van der Waals surface area contributed by atoms with Crippen molar-refractivity contribution in [1.82, 2.24) is 10.2 Å². The number of nitrogens with zero attached hydrogens (tertiary/aromatic N) is 1. The van der Waals surface area contributed by atoms with Crippen molar-refractivity contribution in [2.75, 3.05) is 26.2 Å². The number of likely N-dealkylation sites (tertiary alicyclic amines) is 1. The smallest absolute Gasteiger partial charge is 0.222 e. The summed E-state index contributed by atoms with van der Waals surface area (Å²) in [5, 5.41) is 13.2. The minimum atomic E-state index is -0.258. The summed E-state index contributed by atoms with van der Waals surface area (Å²) in [4.78, 5) is 14.4. The van der Waals surface area contributed by atoms with Gasteiger partial charge in [-0.05, 0) is 50.1 Å². The fraction of sp³-hybridized carbons (Fsp3) is 0.933. The van der Waals surface area contributed by atoms with Crippen LogP contribution in [0.25, 0.3) is 0 Å². The van der Waals surface area contributed by atoms with Gasteiger partial charge in [-0.15, -0.1) is 0 Å². The van der Waals surface area contributed by atoms with Crippen molar-refractivity contribution < 1.29 is 9.90 Å². The molecule has 0 spiro atoms. The summed E-state index contributed by atoms with van der Waals surface area (Å²) in [5.74, 6) is 0.833. The van der Waals surface area contributed by atoms with Crippen molar-refractivity contribution in [3.8, 4) is 0 Å². The van der Waals surface area contributed by atoms with E-state index in [1.165, 1.54) is 0 Å². The molecule has 0 radical (unpaired) electrons. The molecule has 0 saturated carbocycles. The van der Waals surface area contributed by atoms with Crippen LogP contribution in [0.4, 0.5) is 0 Å².